The van der Waals surface area contributed by atoms with Crippen molar-refractivity contribution in [2.24, 2.45) is 11.8 Å². The second kappa shape index (κ2) is 13.8. The molecular weight excluding hydrogens is 580 g/mol. The van der Waals surface area contributed by atoms with Crippen LogP contribution < -0.4 is 0 Å². The van der Waals surface area contributed by atoms with Crippen LogP contribution in [0.1, 0.15) is 46.5 Å². The van der Waals surface area contributed by atoms with Crippen LogP contribution in [0.25, 0.3) is 0 Å². The Hall–Kier alpha value is -2.94. The molecule has 0 saturated carbocycles. The number of carbonyl (C=O) groups excluding carboxylic acids is 4. The maximum absolute atomic E-state index is 13.2. The van der Waals surface area contributed by atoms with Gasteiger partial charge in [-0.05, 0) is 32.6 Å². The van der Waals surface area contributed by atoms with Crippen molar-refractivity contribution in [2.45, 2.75) is 64.1 Å². The van der Waals surface area contributed by atoms with Gasteiger partial charge >= 0.3 is 23.9 Å². The highest BCUT2D eigenvalue weighted by molar-refractivity contribution is 8.03. The fraction of sp³-hybridized carbons (Fsp3) is 0.692. The number of esters is 2. The maximum atomic E-state index is 13.2. The number of carboxylic acids is 2. The van der Waals surface area contributed by atoms with Crippen molar-refractivity contribution in [2.75, 3.05) is 37.0 Å². The molecule has 0 aromatic carbocycles. The predicted octanol–water partition coefficient (Wildman–Crippen LogP) is 1.50. The minimum atomic E-state index is -2.01. The van der Waals surface area contributed by atoms with Gasteiger partial charge in [0.05, 0.1) is 11.5 Å². The third-order valence-corrected chi connectivity index (χ3v) is 10.1. The average Bonchev–Trinajstić information content (AvgIpc) is 3.66. The van der Waals surface area contributed by atoms with Crippen molar-refractivity contribution in [3.8, 4) is 0 Å². The molecule has 2 amide bonds. The van der Waals surface area contributed by atoms with E-state index in [1.807, 2.05) is 0 Å². The number of ether oxygens (including phenoxy) is 2. The summed E-state index contributed by atoms with van der Waals surface area (Å²) < 4.78 is 10.6. The maximum Gasteiger partial charge on any atom is 0.375 e. The SMILES string of the molecule is CCOC(=O)C1(CSC[C@H](C)C(=O)N2CCC[C@H]2C(=O)O)OC(=O)C(O)=C1SC[C@H](C)C(=O)N1CCC[C@H]1C(=O)O. The number of cyclic esters (lactones) is 1. The van der Waals surface area contributed by atoms with E-state index in [0.717, 1.165) is 23.5 Å². The number of rotatable bonds is 13. The van der Waals surface area contributed by atoms with Gasteiger partial charge in [0.25, 0.3) is 5.60 Å². The highest BCUT2D eigenvalue weighted by Gasteiger charge is 2.56. The Labute approximate surface area is 246 Å². The van der Waals surface area contributed by atoms with E-state index < -0.39 is 65.1 Å². The fourth-order valence-electron chi connectivity index (χ4n) is 5.13. The predicted molar refractivity (Wildman–Crippen MR) is 148 cm³/mol. The Kier molecular flexibility index (Phi) is 11.0. The van der Waals surface area contributed by atoms with E-state index in [4.69, 9.17) is 9.47 Å². The molecular formula is C26H36N2O11S2. The summed E-state index contributed by atoms with van der Waals surface area (Å²) >= 11 is 1.99. The van der Waals surface area contributed by atoms with Crippen LogP contribution >= 0.6 is 23.5 Å². The van der Waals surface area contributed by atoms with E-state index in [-0.39, 0.29) is 34.7 Å². The molecule has 15 heteroatoms. The first kappa shape index (κ1) is 32.6. The molecule has 13 nitrogen and oxygen atoms in total. The molecule has 0 aliphatic carbocycles. The van der Waals surface area contributed by atoms with Crippen LogP contribution in [0.4, 0.5) is 0 Å². The largest absolute Gasteiger partial charge is 0.501 e. The monoisotopic (exact) mass is 616 g/mol. The van der Waals surface area contributed by atoms with Crippen molar-refractivity contribution < 1.29 is 53.6 Å². The van der Waals surface area contributed by atoms with Gasteiger partial charge in [0.1, 0.15) is 12.1 Å². The molecule has 0 aromatic rings. The van der Waals surface area contributed by atoms with Crippen LogP contribution in [0, 0.1) is 11.8 Å². The molecule has 2 saturated heterocycles. The number of thioether (sulfide) groups is 2. The normalized spacial score (nSPS) is 25.7. The number of hydrogen-bond acceptors (Lipinski definition) is 11. The molecule has 41 heavy (non-hydrogen) atoms. The Morgan fingerprint density at radius 1 is 0.976 bits per heavy atom. The Balaban J connectivity index is 1.72. The lowest BCUT2D eigenvalue weighted by molar-refractivity contribution is -0.169. The third-order valence-electron chi connectivity index (χ3n) is 7.28. The first-order chi connectivity index (χ1) is 19.3. The molecule has 3 aliphatic heterocycles. The molecule has 0 radical (unpaired) electrons. The molecule has 1 unspecified atom stereocenters. The fourth-order valence-corrected chi connectivity index (χ4v) is 7.65. The van der Waals surface area contributed by atoms with Gasteiger partial charge in [-0.15, -0.1) is 11.8 Å². The molecule has 2 fully saturated rings. The number of nitrogens with zero attached hydrogens (tertiary/aromatic N) is 2. The molecule has 228 valence electrons. The Bertz CT molecular complexity index is 1110. The first-order valence-corrected chi connectivity index (χ1v) is 15.6. The molecule has 3 heterocycles. The number of aliphatic hydroxyl groups is 1. The van der Waals surface area contributed by atoms with Gasteiger partial charge in [-0.25, -0.2) is 19.2 Å². The second-order valence-corrected chi connectivity index (χ2v) is 12.4. The number of aliphatic carboxylic acids is 2. The molecule has 0 bridgehead atoms. The number of likely N-dealkylation sites (tertiary alicyclic amines) is 2. The summed E-state index contributed by atoms with van der Waals surface area (Å²) in [6, 6.07) is -1.79. The van der Waals surface area contributed by atoms with Gasteiger partial charge in [0.2, 0.25) is 17.6 Å². The quantitative estimate of drug-likeness (QED) is 0.253. The lowest BCUT2D eigenvalue weighted by Gasteiger charge is -2.29. The van der Waals surface area contributed by atoms with Crippen LogP contribution in [0.5, 0.6) is 0 Å². The van der Waals surface area contributed by atoms with Crippen LogP contribution in [0.15, 0.2) is 10.7 Å². The number of aliphatic hydroxyl groups excluding tert-OH is 1. The van der Waals surface area contributed by atoms with Gasteiger partial charge in [0.15, 0.2) is 0 Å². The summed E-state index contributed by atoms with van der Waals surface area (Å²) in [7, 11) is 0. The van der Waals surface area contributed by atoms with Crippen LogP contribution in [0.3, 0.4) is 0 Å². The lowest BCUT2D eigenvalue weighted by Crippen LogP contribution is -2.46. The minimum absolute atomic E-state index is 0.0178. The standard InChI is InChI=1S/C26H36N2O11S2/c1-4-38-25(37)26(13-40-11-14(2)20(30)27-9-5-7-16(27)22(32)33)19(18(29)24(36)39-26)41-12-15(3)21(31)28-10-6-8-17(28)23(34)35/h14-17,29H,4-13H2,1-3H3,(H,32,33)(H,34,35)/t14-,15-,16-,17-,26?/m0/s1. The smallest absolute Gasteiger partial charge is 0.375 e. The number of hydrogen-bond donors (Lipinski definition) is 3. The van der Waals surface area contributed by atoms with Gasteiger partial charge in [0, 0.05) is 42.2 Å². The number of carboxylic acid groups (broad SMARTS) is 2. The first-order valence-electron chi connectivity index (χ1n) is 13.5. The molecule has 3 aliphatic rings. The summed E-state index contributed by atoms with van der Waals surface area (Å²) in [5.74, 6) is -7.02. The Morgan fingerprint density at radius 3 is 1.98 bits per heavy atom. The van der Waals surface area contributed by atoms with E-state index >= 15 is 0 Å². The number of amides is 2. The van der Waals surface area contributed by atoms with Gasteiger partial charge in [-0.2, -0.15) is 11.8 Å². The van der Waals surface area contributed by atoms with Crippen molar-refractivity contribution in [3.63, 3.8) is 0 Å². The van der Waals surface area contributed by atoms with Crippen molar-refractivity contribution in [1.82, 2.24) is 9.80 Å². The molecule has 0 spiro atoms. The van der Waals surface area contributed by atoms with Crippen molar-refractivity contribution in [3.05, 3.63) is 10.7 Å². The summed E-state index contributed by atoms with van der Waals surface area (Å²) in [5.41, 5.74) is -2.01. The highest BCUT2D eigenvalue weighted by Crippen LogP contribution is 2.43. The van der Waals surface area contributed by atoms with Gasteiger partial charge in [-0.1, -0.05) is 13.8 Å². The number of carbonyl (C=O) groups is 6. The zero-order chi connectivity index (χ0) is 30.5. The van der Waals surface area contributed by atoms with E-state index in [0.29, 0.717) is 38.8 Å². The molecule has 3 rings (SSSR count). The zero-order valence-corrected chi connectivity index (χ0v) is 24.8. The van der Waals surface area contributed by atoms with E-state index in [2.05, 4.69) is 0 Å². The summed E-state index contributed by atoms with van der Waals surface area (Å²) in [4.78, 5) is 77.1. The zero-order valence-electron chi connectivity index (χ0n) is 23.2. The minimum Gasteiger partial charge on any atom is -0.501 e. The van der Waals surface area contributed by atoms with Gasteiger partial charge < -0.3 is 34.6 Å². The van der Waals surface area contributed by atoms with E-state index in [1.54, 1.807) is 20.8 Å². The summed E-state index contributed by atoms with van der Waals surface area (Å²) in [6.07, 6.45) is 1.89. The Morgan fingerprint density at radius 2 is 1.49 bits per heavy atom. The second-order valence-electron chi connectivity index (χ2n) is 10.3. The van der Waals surface area contributed by atoms with E-state index in [1.165, 1.54) is 9.80 Å². The van der Waals surface area contributed by atoms with E-state index in [9.17, 15) is 44.1 Å². The van der Waals surface area contributed by atoms with Crippen LogP contribution in [-0.2, 0) is 38.2 Å². The summed E-state index contributed by atoms with van der Waals surface area (Å²) in [6.45, 7) is 5.42. The lowest BCUT2D eigenvalue weighted by atomic mass is 10.1. The molecule has 0 aromatic heterocycles. The average molecular weight is 617 g/mol. The molecule has 3 N–H and O–H groups in total. The van der Waals surface area contributed by atoms with Crippen LogP contribution in [-0.4, -0.2) is 115 Å². The van der Waals surface area contributed by atoms with Crippen LogP contribution in [0.2, 0.25) is 0 Å². The molecule has 5 atom stereocenters. The van der Waals surface area contributed by atoms with Crippen molar-refractivity contribution in [1.29, 1.82) is 0 Å². The van der Waals surface area contributed by atoms with Gasteiger partial charge in [-0.3, -0.25) is 9.59 Å². The highest BCUT2D eigenvalue weighted by atomic mass is 32.2. The topological polar surface area (TPSA) is 188 Å². The summed E-state index contributed by atoms with van der Waals surface area (Å²) in [5, 5.41) is 29.4. The van der Waals surface area contributed by atoms with Crippen molar-refractivity contribution >= 4 is 59.2 Å². The third kappa shape index (κ3) is 6.93.